The molecule has 1 aliphatic rings. The fourth-order valence-electron chi connectivity index (χ4n) is 2.41. The summed E-state index contributed by atoms with van der Waals surface area (Å²) in [4.78, 5) is 11.7. The molecule has 2 rings (SSSR count). The molecular weight excluding hydrogens is 174 g/mol. The third-order valence-electron chi connectivity index (χ3n) is 3.27. The first kappa shape index (κ1) is 9.41. The van der Waals surface area contributed by atoms with Gasteiger partial charge in [0.25, 0.3) is 0 Å². The van der Waals surface area contributed by atoms with Gasteiger partial charge >= 0.3 is 0 Å². The van der Waals surface area contributed by atoms with E-state index in [1.165, 1.54) is 5.56 Å². The molecule has 1 N–H and O–H groups in total. The largest absolute Gasteiger partial charge is 0.304 e. The molecule has 1 aromatic rings. The van der Waals surface area contributed by atoms with Crippen LogP contribution in [0.4, 0.5) is 0 Å². The summed E-state index contributed by atoms with van der Waals surface area (Å²) < 4.78 is 0. The van der Waals surface area contributed by atoms with Crippen molar-refractivity contribution in [2.75, 3.05) is 7.05 Å². The number of carbonyl (C=O) groups excluding carboxylic acids is 1. The minimum Gasteiger partial charge on any atom is -0.304 e. The van der Waals surface area contributed by atoms with Crippen LogP contribution in [0.1, 0.15) is 24.5 Å². The number of ketones is 1. The number of Topliss-reactive ketones (excluding diaryl/α,β-unsaturated/α-hetero) is 1. The molecule has 0 radical (unpaired) electrons. The van der Waals surface area contributed by atoms with Crippen molar-refractivity contribution >= 4 is 5.78 Å². The summed E-state index contributed by atoms with van der Waals surface area (Å²) in [6.45, 7) is 1.67. The number of rotatable bonds is 2. The number of benzene rings is 1. The molecule has 0 aliphatic heterocycles. The predicted octanol–water partition coefficient (Wildman–Crippen LogP) is 1.64. The summed E-state index contributed by atoms with van der Waals surface area (Å²) in [5.41, 5.74) is 2.04. The molecular formula is C12H15NO. The van der Waals surface area contributed by atoms with Crippen molar-refractivity contribution in [2.24, 2.45) is 0 Å². The Morgan fingerprint density at radius 2 is 2.14 bits per heavy atom. The average Bonchev–Trinajstić information content (AvgIpc) is 2.57. The molecule has 2 heteroatoms. The minimum absolute atomic E-state index is 0.213. The highest BCUT2D eigenvalue weighted by atomic mass is 16.1. The van der Waals surface area contributed by atoms with Crippen LogP contribution in [0.5, 0.6) is 0 Å². The second kappa shape index (κ2) is 3.21. The summed E-state index contributed by atoms with van der Waals surface area (Å²) in [6.07, 6.45) is 1.88. The van der Waals surface area contributed by atoms with Crippen LogP contribution in [0.25, 0.3) is 0 Å². The zero-order valence-electron chi connectivity index (χ0n) is 8.63. The third-order valence-corrected chi connectivity index (χ3v) is 3.27. The van der Waals surface area contributed by atoms with Crippen molar-refractivity contribution in [1.29, 1.82) is 0 Å². The summed E-state index contributed by atoms with van der Waals surface area (Å²) in [6, 6.07) is 8.20. The van der Waals surface area contributed by atoms with Gasteiger partial charge in [0.1, 0.15) is 5.54 Å². The Kier molecular flexibility index (Phi) is 2.16. The molecule has 1 atom stereocenters. The molecule has 2 nitrogen and oxygen atoms in total. The smallest absolute Gasteiger partial charge is 0.154 e. The van der Waals surface area contributed by atoms with Crippen LogP contribution in [-0.4, -0.2) is 12.8 Å². The molecule has 0 amide bonds. The van der Waals surface area contributed by atoms with Gasteiger partial charge in [0.15, 0.2) is 5.78 Å². The maximum absolute atomic E-state index is 11.7. The summed E-state index contributed by atoms with van der Waals surface area (Å²) in [7, 11) is 1.86. The monoisotopic (exact) mass is 189 g/mol. The molecule has 0 fully saturated rings. The molecule has 14 heavy (non-hydrogen) atoms. The highest BCUT2D eigenvalue weighted by molar-refractivity contribution is 5.88. The summed E-state index contributed by atoms with van der Waals surface area (Å²) in [5, 5.41) is 3.18. The zero-order chi connectivity index (χ0) is 10.2. The van der Waals surface area contributed by atoms with Gasteiger partial charge in [0.2, 0.25) is 0 Å². The highest BCUT2D eigenvalue weighted by Gasteiger charge is 2.41. The van der Waals surface area contributed by atoms with E-state index in [4.69, 9.17) is 0 Å². The Bertz CT molecular complexity index is 372. The average molecular weight is 189 g/mol. The van der Waals surface area contributed by atoms with E-state index in [1.54, 1.807) is 6.92 Å². The van der Waals surface area contributed by atoms with E-state index in [1.807, 2.05) is 19.2 Å². The van der Waals surface area contributed by atoms with Crippen LogP contribution >= 0.6 is 0 Å². The Morgan fingerprint density at radius 1 is 1.43 bits per heavy atom. The maximum atomic E-state index is 11.7. The molecule has 0 aromatic heterocycles. The zero-order valence-corrected chi connectivity index (χ0v) is 8.63. The molecule has 1 aromatic carbocycles. The predicted molar refractivity (Wildman–Crippen MR) is 56.2 cm³/mol. The van der Waals surface area contributed by atoms with Crippen LogP contribution in [0.3, 0.4) is 0 Å². The Labute approximate surface area is 84.3 Å². The third kappa shape index (κ3) is 1.11. The number of aryl methyl sites for hydroxylation is 1. The Hall–Kier alpha value is -1.15. The van der Waals surface area contributed by atoms with E-state index >= 15 is 0 Å². The molecule has 0 saturated carbocycles. The normalized spacial score (nSPS) is 24.7. The van der Waals surface area contributed by atoms with E-state index < -0.39 is 5.54 Å². The standard InChI is InChI=1S/C12H15NO/c1-9(14)12(13-2)8-7-10-5-3-4-6-11(10)12/h3-6,13H,7-8H2,1-2H3. The molecule has 1 aliphatic carbocycles. The van der Waals surface area contributed by atoms with Crippen LogP contribution in [0.15, 0.2) is 24.3 Å². The lowest BCUT2D eigenvalue weighted by Crippen LogP contribution is -2.44. The van der Waals surface area contributed by atoms with Gasteiger partial charge in [-0.05, 0) is 37.9 Å². The second-order valence-corrected chi connectivity index (χ2v) is 3.87. The van der Waals surface area contributed by atoms with Crippen molar-refractivity contribution in [2.45, 2.75) is 25.3 Å². The van der Waals surface area contributed by atoms with Gasteiger partial charge in [0.05, 0.1) is 0 Å². The summed E-state index contributed by atoms with van der Waals surface area (Å²) >= 11 is 0. The topological polar surface area (TPSA) is 29.1 Å². The highest BCUT2D eigenvalue weighted by Crippen LogP contribution is 2.36. The van der Waals surface area contributed by atoms with Crippen LogP contribution in [-0.2, 0) is 16.8 Å². The van der Waals surface area contributed by atoms with Gasteiger partial charge in [-0.3, -0.25) is 4.79 Å². The van der Waals surface area contributed by atoms with Crippen LogP contribution in [0, 0.1) is 0 Å². The van der Waals surface area contributed by atoms with E-state index in [9.17, 15) is 4.79 Å². The SMILES string of the molecule is CNC1(C(C)=O)CCc2ccccc21. The van der Waals surface area contributed by atoms with E-state index in [-0.39, 0.29) is 5.78 Å². The van der Waals surface area contributed by atoms with Crippen LogP contribution in [0.2, 0.25) is 0 Å². The molecule has 0 bridgehead atoms. The van der Waals surface area contributed by atoms with Crippen molar-refractivity contribution in [1.82, 2.24) is 5.32 Å². The van der Waals surface area contributed by atoms with Crippen molar-refractivity contribution < 1.29 is 4.79 Å². The van der Waals surface area contributed by atoms with Gasteiger partial charge < -0.3 is 5.32 Å². The lowest BCUT2D eigenvalue weighted by Gasteiger charge is -2.26. The number of carbonyl (C=O) groups is 1. The second-order valence-electron chi connectivity index (χ2n) is 3.87. The van der Waals surface area contributed by atoms with Gasteiger partial charge in [-0.2, -0.15) is 0 Å². The first-order chi connectivity index (χ1) is 6.70. The first-order valence-electron chi connectivity index (χ1n) is 4.99. The quantitative estimate of drug-likeness (QED) is 0.766. The van der Waals surface area contributed by atoms with Crippen molar-refractivity contribution in [3.05, 3.63) is 35.4 Å². The fraction of sp³-hybridized carbons (Fsp3) is 0.417. The number of hydrogen-bond donors (Lipinski definition) is 1. The number of likely N-dealkylation sites (N-methyl/N-ethyl adjacent to an activating group) is 1. The molecule has 0 heterocycles. The van der Waals surface area contributed by atoms with E-state index in [0.717, 1.165) is 18.4 Å². The fourth-order valence-corrected chi connectivity index (χ4v) is 2.41. The number of hydrogen-bond acceptors (Lipinski definition) is 2. The van der Waals surface area contributed by atoms with Gasteiger partial charge in [-0.25, -0.2) is 0 Å². The first-order valence-corrected chi connectivity index (χ1v) is 4.99. The molecule has 0 spiro atoms. The van der Waals surface area contributed by atoms with Gasteiger partial charge in [-0.15, -0.1) is 0 Å². The Balaban J connectivity index is 2.55. The molecule has 1 unspecified atom stereocenters. The lowest BCUT2D eigenvalue weighted by atomic mass is 9.88. The maximum Gasteiger partial charge on any atom is 0.154 e. The number of nitrogens with one attached hydrogen (secondary N) is 1. The molecule has 0 saturated heterocycles. The molecule has 74 valence electrons. The number of fused-ring (bicyclic) bond motifs is 1. The van der Waals surface area contributed by atoms with E-state index in [2.05, 4.69) is 17.4 Å². The van der Waals surface area contributed by atoms with Crippen molar-refractivity contribution in [3.8, 4) is 0 Å². The minimum atomic E-state index is -0.420. The van der Waals surface area contributed by atoms with Gasteiger partial charge in [-0.1, -0.05) is 24.3 Å². The van der Waals surface area contributed by atoms with E-state index in [0.29, 0.717) is 0 Å². The Morgan fingerprint density at radius 3 is 2.79 bits per heavy atom. The van der Waals surface area contributed by atoms with Crippen molar-refractivity contribution in [3.63, 3.8) is 0 Å². The summed E-state index contributed by atoms with van der Waals surface area (Å²) in [5.74, 6) is 0.213. The van der Waals surface area contributed by atoms with Gasteiger partial charge in [0, 0.05) is 0 Å². The van der Waals surface area contributed by atoms with Crippen LogP contribution < -0.4 is 5.32 Å². The lowest BCUT2D eigenvalue weighted by molar-refractivity contribution is -0.123.